The number of nitrogens with one attached hydrogen (secondary N) is 2. The minimum atomic E-state index is -0.409. The van der Waals surface area contributed by atoms with Crippen LogP contribution in [0.3, 0.4) is 0 Å². The summed E-state index contributed by atoms with van der Waals surface area (Å²) in [7, 11) is 0. The fourth-order valence-corrected chi connectivity index (χ4v) is 2.59. The Morgan fingerprint density at radius 1 is 0.958 bits per heavy atom. The zero-order valence-corrected chi connectivity index (χ0v) is 14.8. The van der Waals surface area contributed by atoms with Crippen molar-refractivity contribution >= 4 is 64.1 Å². The van der Waals surface area contributed by atoms with Crippen LogP contribution in [0.2, 0.25) is 15.1 Å². The minimum absolute atomic E-state index is 0.220. The summed E-state index contributed by atoms with van der Waals surface area (Å²) in [6.45, 7) is 1.39. The van der Waals surface area contributed by atoms with Crippen molar-refractivity contribution in [2.45, 2.75) is 6.92 Å². The third kappa shape index (κ3) is 4.99. The summed E-state index contributed by atoms with van der Waals surface area (Å²) in [5.74, 6) is -0.629. The molecular weight excluding hydrogens is 371 g/mol. The number of rotatable bonds is 4. The van der Waals surface area contributed by atoms with Gasteiger partial charge in [-0.15, -0.1) is 0 Å². The lowest BCUT2D eigenvalue weighted by molar-refractivity contribution is -0.114. The highest BCUT2D eigenvalue weighted by molar-refractivity contribution is 6.37. The molecule has 0 heterocycles. The highest BCUT2D eigenvalue weighted by Gasteiger charge is 2.07. The van der Waals surface area contributed by atoms with E-state index in [4.69, 9.17) is 34.8 Å². The van der Waals surface area contributed by atoms with Crippen LogP contribution in [0, 0.1) is 0 Å². The van der Waals surface area contributed by atoms with Crippen LogP contribution >= 0.6 is 34.8 Å². The lowest BCUT2D eigenvalue weighted by Gasteiger charge is -2.08. The first kappa shape index (κ1) is 18.3. The summed E-state index contributed by atoms with van der Waals surface area (Å²) in [6, 6.07) is 9.86. The van der Waals surface area contributed by atoms with Crippen molar-refractivity contribution in [3.05, 3.63) is 63.1 Å². The molecule has 124 valence electrons. The van der Waals surface area contributed by atoms with E-state index in [0.717, 1.165) is 0 Å². The second-order valence-corrected chi connectivity index (χ2v) is 6.06. The van der Waals surface area contributed by atoms with E-state index in [1.165, 1.54) is 19.1 Å². The summed E-state index contributed by atoms with van der Waals surface area (Å²) < 4.78 is 0. The van der Waals surface area contributed by atoms with Crippen LogP contribution in [0.25, 0.3) is 6.08 Å². The van der Waals surface area contributed by atoms with E-state index in [2.05, 4.69) is 10.6 Å². The SMILES string of the molecule is CC(=O)Nc1ccc(Cl)c(NC(=O)C=Cc2c(Cl)cccc2Cl)c1. The van der Waals surface area contributed by atoms with E-state index in [0.29, 0.717) is 32.0 Å². The van der Waals surface area contributed by atoms with Crippen LogP contribution in [0.5, 0.6) is 0 Å². The molecule has 0 saturated heterocycles. The van der Waals surface area contributed by atoms with Crippen LogP contribution in [-0.4, -0.2) is 11.8 Å². The number of anilines is 2. The van der Waals surface area contributed by atoms with Crippen molar-refractivity contribution in [1.29, 1.82) is 0 Å². The molecule has 0 fully saturated rings. The van der Waals surface area contributed by atoms with Crippen LogP contribution < -0.4 is 10.6 Å². The predicted molar refractivity (Wildman–Crippen MR) is 99.9 cm³/mol. The summed E-state index contributed by atoms with van der Waals surface area (Å²) in [6.07, 6.45) is 2.82. The van der Waals surface area contributed by atoms with Gasteiger partial charge in [0, 0.05) is 34.3 Å². The van der Waals surface area contributed by atoms with Gasteiger partial charge < -0.3 is 10.6 Å². The molecule has 0 aromatic heterocycles. The number of hydrogen-bond acceptors (Lipinski definition) is 2. The molecule has 0 unspecified atom stereocenters. The smallest absolute Gasteiger partial charge is 0.248 e. The summed E-state index contributed by atoms with van der Waals surface area (Å²) in [5, 5.41) is 6.49. The summed E-state index contributed by atoms with van der Waals surface area (Å²) in [4.78, 5) is 23.2. The minimum Gasteiger partial charge on any atom is -0.326 e. The zero-order chi connectivity index (χ0) is 17.7. The van der Waals surface area contributed by atoms with Crippen LogP contribution in [0.4, 0.5) is 11.4 Å². The molecule has 0 atom stereocenters. The van der Waals surface area contributed by atoms with Gasteiger partial charge in [0.2, 0.25) is 11.8 Å². The molecule has 0 aliphatic carbocycles. The number of hydrogen-bond donors (Lipinski definition) is 2. The summed E-state index contributed by atoms with van der Waals surface area (Å²) >= 11 is 18.1. The fraction of sp³-hybridized carbons (Fsp3) is 0.0588. The largest absolute Gasteiger partial charge is 0.326 e. The van der Waals surface area contributed by atoms with E-state index >= 15 is 0 Å². The van der Waals surface area contributed by atoms with Crippen molar-refractivity contribution in [3.8, 4) is 0 Å². The molecule has 0 aliphatic heterocycles. The standard InChI is InChI=1S/C17H13Cl3N2O2/c1-10(23)21-11-5-7-15(20)16(9-11)22-17(24)8-6-12-13(18)3-2-4-14(12)19/h2-9H,1H3,(H,21,23)(H,22,24). The molecule has 0 bridgehead atoms. The van der Waals surface area contributed by atoms with E-state index in [1.807, 2.05) is 0 Å². The molecule has 0 spiro atoms. The highest BCUT2D eigenvalue weighted by Crippen LogP contribution is 2.27. The van der Waals surface area contributed by atoms with Gasteiger partial charge in [-0.1, -0.05) is 40.9 Å². The fourth-order valence-electron chi connectivity index (χ4n) is 1.91. The number of carbonyl (C=O) groups is 2. The van der Waals surface area contributed by atoms with Gasteiger partial charge in [-0.2, -0.15) is 0 Å². The molecule has 4 nitrogen and oxygen atoms in total. The third-order valence-electron chi connectivity index (χ3n) is 2.95. The first-order valence-electron chi connectivity index (χ1n) is 6.87. The molecule has 0 saturated carbocycles. The number of benzene rings is 2. The second kappa shape index (κ2) is 8.20. The van der Waals surface area contributed by atoms with Gasteiger partial charge in [-0.25, -0.2) is 0 Å². The number of halogens is 3. The Bertz CT molecular complexity index is 799. The molecule has 2 aromatic carbocycles. The number of carbonyl (C=O) groups excluding carboxylic acids is 2. The molecule has 2 aromatic rings. The Morgan fingerprint density at radius 3 is 2.25 bits per heavy atom. The molecule has 0 radical (unpaired) electrons. The summed E-state index contributed by atoms with van der Waals surface area (Å²) in [5.41, 5.74) is 1.46. The maximum Gasteiger partial charge on any atom is 0.248 e. The third-order valence-corrected chi connectivity index (χ3v) is 3.93. The van der Waals surface area contributed by atoms with E-state index in [1.54, 1.807) is 36.4 Å². The molecule has 2 rings (SSSR count). The lowest BCUT2D eigenvalue weighted by Crippen LogP contribution is -2.10. The average molecular weight is 384 g/mol. The Hall–Kier alpha value is -2.01. The molecule has 24 heavy (non-hydrogen) atoms. The van der Waals surface area contributed by atoms with Gasteiger partial charge >= 0.3 is 0 Å². The highest BCUT2D eigenvalue weighted by atomic mass is 35.5. The van der Waals surface area contributed by atoms with Gasteiger partial charge in [-0.05, 0) is 36.4 Å². The normalized spacial score (nSPS) is 10.7. The van der Waals surface area contributed by atoms with Crippen molar-refractivity contribution in [3.63, 3.8) is 0 Å². The maximum atomic E-state index is 12.1. The van der Waals surface area contributed by atoms with Crippen LogP contribution in [-0.2, 0) is 9.59 Å². The van der Waals surface area contributed by atoms with E-state index in [-0.39, 0.29) is 5.91 Å². The van der Waals surface area contributed by atoms with Gasteiger partial charge in [0.15, 0.2) is 0 Å². The Kier molecular flexibility index (Phi) is 6.26. The van der Waals surface area contributed by atoms with Crippen molar-refractivity contribution < 1.29 is 9.59 Å². The van der Waals surface area contributed by atoms with Gasteiger partial charge in [-0.3, -0.25) is 9.59 Å². The molecule has 2 N–H and O–H groups in total. The van der Waals surface area contributed by atoms with Gasteiger partial charge in [0.05, 0.1) is 10.7 Å². The van der Waals surface area contributed by atoms with Gasteiger partial charge in [0.25, 0.3) is 0 Å². The number of amides is 2. The zero-order valence-electron chi connectivity index (χ0n) is 12.6. The molecule has 2 amide bonds. The average Bonchev–Trinajstić information content (AvgIpc) is 2.49. The van der Waals surface area contributed by atoms with E-state index in [9.17, 15) is 9.59 Å². The maximum absolute atomic E-state index is 12.1. The van der Waals surface area contributed by atoms with Crippen molar-refractivity contribution in [2.24, 2.45) is 0 Å². The van der Waals surface area contributed by atoms with Crippen molar-refractivity contribution in [2.75, 3.05) is 10.6 Å². The monoisotopic (exact) mass is 382 g/mol. The molecule has 0 aliphatic rings. The van der Waals surface area contributed by atoms with Crippen molar-refractivity contribution in [1.82, 2.24) is 0 Å². The predicted octanol–water partition coefficient (Wildman–Crippen LogP) is 5.26. The quantitative estimate of drug-likeness (QED) is 0.708. The Morgan fingerprint density at radius 2 is 1.62 bits per heavy atom. The topological polar surface area (TPSA) is 58.2 Å². The molecular formula is C17H13Cl3N2O2. The van der Waals surface area contributed by atoms with Gasteiger partial charge in [0.1, 0.15) is 0 Å². The van der Waals surface area contributed by atoms with E-state index < -0.39 is 5.91 Å². The van der Waals surface area contributed by atoms with Crippen LogP contribution in [0.1, 0.15) is 12.5 Å². The molecule has 7 heteroatoms. The second-order valence-electron chi connectivity index (χ2n) is 4.83. The Labute approximate surface area is 154 Å². The first-order chi connectivity index (χ1) is 11.4. The first-order valence-corrected chi connectivity index (χ1v) is 8.00. The lowest BCUT2D eigenvalue weighted by atomic mass is 10.2. The van der Waals surface area contributed by atoms with Crippen LogP contribution in [0.15, 0.2) is 42.5 Å². The Balaban J connectivity index is 2.15.